The number of anilines is 3. The van der Waals surface area contributed by atoms with Crippen LogP contribution in [0.4, 0.5) is 17.3 Å². The van der Waals surface area contributed by atoms with E-state index in [1.165, 1.54) is 7.05 Å². The van der Waals surface area contributed by atoms with Crippen LogP contribution in [-0.4, -0.2) is 19.5 Å². The van der Waals surface area contributed by atoms with Crippen LogP contribution < -0.4 is 21.7 Å². The van der Waals surface area contributed by atoms with Gasteiger partial charge in [0.2, 0.25) is 0 Å². The summed E-state index contributed by atoms with van der Waals surface area (Å²) >= 11 is 0. The van der Waals surface area contributed by atoms with E-state index in [1.807, 2.05) is 30.3 Å². The SMILES string of the molecule is Cc1nc2c(c(=O)[nH]1)Cc1c([nH]c(=O)n(C)c1=O)N2c1ccccc1. The van der Waals surface area contributed by atoms with Crippen LogP contribution in [0.1, 0.15) is 17.0 Å². The zero-order chi connectivity index (χ0) is 17.7. The summed E-state index contributed by atoms with van der Waals surface area (Å²) in [5.74, 6) is 1.23. The van der Waals surface area contributed by atoms with Crippen molar-refractivity contribution in [2.45, 2.75) is 13.3 Å². The number of hydrogen-bond acceptors (Lipinski definition) is 5. The molecule has 0 bridgehead atoms. The van der Waals surface area contributed by atoms with Gasteiger partial charge >= 0.3 is 5.69 Å². The molecule has 1 aliphatic rings. The van der Waals surface area contributed by atoms with Gasteiger partial charge in [-0.1, -0.05) is 18.2 Å². The molecule has 1 aromatic carbocycles. The van der Waals surface area contributed by atoms with Crippen LogP contribution in [0.3, 0.4) is 0 Å². The van der Waals surface area contributed by atoms with Gasteiger partial charge in [0.05, 0.1) is 11.1 Å². The van der Waals surface area contributed by atoms with E-state index in [9.17, 15) is 14.4 Å². The third kappa shape index (κ3) is 2.22. The van der Waals surface area contributed by atoms with E-state index in [4.69, 9.17) is 0 Å². The van der Waals surface area contributed by atoms with Crippen LogP contribution in [0, 0.1) is 6.92 Å². The molecule has 0 saturated heterocycles. The molecule has 3 heterocycles. The summed E-state index contributed by atoms with van der Waals surface area (Å²) in [6, 6.07) is 9.18. The molecule has 1 aliphatic heterocycles. The van der Waals surface area contributed by atoms with Gasteiger partial charge in [-0.3, -0.25) is 24.0 Å². The smallest absolute Gasteiger partial charge is 0.310 e. The van der Waals surface area contributed by atoms with E-state index in [2.05, 4.69) is 15.0 Å². The molecular formula is C17H15N5O3. The second-order valence-electron chi connectivity index (χ2n) is 5.92. The van der Waals surface area contributed by atoms with Crippen molar-refractivity contribution in [1.82, 2.24) is 19.5 Å². The van der Waals surface area contributed by atoms with Gasteiger partial charge in [0.15, 0.2) is 0 Å². The Morgan fingerprint density at radius 2 is 1.76 bits per heavy atom. The van der Waals surface area contributed by atoms with Crippen LogP contribution in [0.15, 0.2) is 44.7 Å². The number of H-pyrrole nitrogens is 2. The fraction of sp³-hybridized carbons (Fsp3) is 0.176. The molecule has 0 saturated carbocycles. The molecule has 0 aliphatic carbocycles. The zero-order valence-corrected chi connectivity index (χ0v) is 13.7. The first kappa shape index (κ1) is 15.1. The van der Waals surface area contributed by atoms with E-state index < -0.39 is 11.2 Å². The van der Waals surface area contributed by atoms with Crippen molar-refractivity contribution in [1.29, 1.82) is 0 Å². The van der Waals surface area contributed by atoms with E-state index in [-0.39, 0.29) is 12.0 Å². The summed E-state index contributed by atoms with van der Waals surface area (Å²) in [5, 5.41) is 0. The minimum atomic E-state index is -0.519. The fourth-order valence-electron chi connectivity index (χ4n) is 3.06. The van der Waals surface area contributed by atoms with Crippen LogP contribution in [0.5, 0.6) is 0 Å². The van der Waals surface area contributed by atoms with Gasteiger partial charge in [-0.05, 0) is 19.1 Å². The quantitative estimate of drug-likeness (QED) is 0.536. The summed E-state index contributed by atoms with van der Waals surface area (Å²) in [6.45, 7) is 1.69. The molecular weight excluding hydrogens is 322 g/mol. The van der Waals surface area contributed by atoms with E-state index in [1.54, 1.807) is 11.8 Å². The maximum Gasteiger partial charge on any atom is 0.329 e. The summed E-state index contributed by atoms with van der Waals surface area (Å²) in [7, 11) is 1.40. The van der Waals surface area contributed by atoms with Crippen LogP contribution >= 0.6 is 0 Å². The molecule has 0 spiro atoms. The Kier molecular flexibility index (Phi) is 3.21. The van der Waals surface area contributed by atoms with Crippen LogP contribution in [0.2, 0.25) is 0 Å². The van der Waals surface area contributed by atoms with Crippen molar-refractivity contribution in [3.8, 4) is 0 Å². The average Bonchev–Trinajstić information content (AvgIpc) is 2.59. The lowest BCUT2D eigenvalue weighted by molar-refractivity contribution is 0.747. The van der Waals surface area contributed by atoms with Gasteiger partial charge in [0, 0.05) is 19.2 Å². The fourth-order valence-corrected chi connectivity index (χ4v) is 3.06. The molecule has 25 heavy (non-hydrogen) atoms. The molecule has 0 atom stereocenters. The molecule has 0 unspecified atom stereocenters. The van der Waals surface area contributed by atoms with Gasteiger partial charge in [0.25, 0.3) is 11.1 Å². The molecule has 4 rings (SSSR count). The zero-order valence-electron chi connectivity index (χ0n) is 13.7. The Balaban J connectivity index is 2.12. The molecule has 8 nitrogen and oxygen atoms in total. The topological polar surface area (TPSA) is 104 Å². The van der Waals surface area contributed by atoms with Crippen molar-refractivity contribution in [2.24, 2.45) is 7.05 Å². The van der Waals surface area contributed by atoms with Gasteiger partial charge in [-0.25, -0.2) is 9.78 Å². The molecule has 0 amide bonds. The first-order valence-electron chi connectivity index (χ1n) is 7.74. The Bertz CT molecular complexity index is 1160. The highest BCUT2D eigenvalue weighted by molar-refractivity contribution is 5.78. The van der Waals surface area contributed by atoms with Crippen molar-refractivity contribution in [3.05, 3.63) is 78.5 Å². The second-order valence-corrected chi connectivity index (χ2v) is 5.92. The van der Waals surface area contributed by atoms with Crippen LogP contribution in [0.25, 0.3) is 0 Å². The number of hydrogen-bond donors (Lipinski definition) is 2. The first-order chi connectivity index (χ1) is 12.0. The number of aromatic nitrogens is 4. The monoisotopic (exact) mass is 337 g/mol. The highest BCUT2D eigenvalue weighted by Gasteiger charge is 2.31. The third-order valence-corrected chi connectivity index (χ3v) is 4.29. The number of para-hydroxylation sites is 1. The van der Waals surface area contributed by atoms with Crippen LogP contribution in [-0.2, 0) is 13.5 Å². The summed E-state index contributed by atoms with van der Waals surface area (Å²) in [4.78, 5) is 48.7. The molecule has 126 valence electrons. The molecule has 0 radical (unpaired) electrons. The number of aromatic amines is 2. The number of fused-ring (bicyclic) bond motifs is 2. The lowest BCUT2D eigenvalue weighted by atomic mass is 10.0. The number of rotatable bonds is 1. The van der Waals surface area contributed by atoms with Crippen molar-refractivity contribution >= 4 is 17.3 Å². The minimum Gasteiger partial charge on any atom is -0.310 e. The Labute approximate surface area is 141 Å². The Morgan fingerprint density at radius 3 is 2.48 bits per heavy atom. The van der Waals surface area contributed by atoms with E-state index >= 15 is 0 Å². The Hall–Kier alpha value is -3.42. The van der Waals surface area contributed by atoms with E-state index in [0.29, 0.717) is 34.3 Å². The van der Waals surface area contributed by atoms with Gasteiger partial charge < -0.3 is 4.98 Å². The Morgan fingerprint density at radius 1 is 1.04 bits per heavy atom. The maximum absolute atomic E-state index is 12.6. The molecule has 0 fully saturated rings. The molecule has 2 aromatic heterocycles. The number of aryl methyl sites for hydroxylation is 1. The first-order valence-corrected chi connectivity index (χ1v) is 7.74. The number of nitrogens with one attached hydrogen (secondary N) is 2. The van der Waals surface area contributed by atoms with Crippen molar-refractivity contribution in [2.75, 3.05) is 4.90 Å². The predicted octanol–water partition coefficient (Wildman–Crippen LogP) is 0.839. The van der Waals surface area contributed by atoms with Gasteiger partial charge in [-0.2, -0.15) is 0 Å². The number of benzene rings is 1. The lowest BCUT2D eigenvalue weighted by Gasteiger charge is -2.30. The molecule has 2 N–H and O–H groups in total. The normalized spacial score (nSPS) is 12.6. The summed E-state index contributed by atoms with van der Waals surface area (Å²) in [5.41, 5.74) is 0.217. The summed E-state index contributed by atoms with van der Waals surface area (Å²) in [6.07, 6.45) is 0.111. The highest BCUT2D eigenvalue weighted by atomic mass is 16.2. The highest BCUT2D eigenvalue weighted by Crippen LogP contribution is 2.38. The van der Waals surface area contributed by atoms with Crippen molar-refractivity contribution < 1.29 is 0 Å². The second kappa shape index (κ2) is 5.30. The number of nitrogens with zero attached hydrogens (tertiary/aromatic N) is 3. The van der Waals surface area contributed by atoms with E-state index in [0.717, 1.165) is 4.57 Å². The summed E-state index contributed by atoms with van der Waals surface area (Å²) < 4.78 is 1.00. The van der Waals surface area contributed by atoms with Crippen molar-refractivity contribution in [3.63, 3.8) is 0 Å². The minimum absolute atomic E-state index is 0.111. The van der Waals surface area contributed by atoms with Gasteiger partial charge in [-0.15, -0.1) is 0 Å². The lowest BCUT2D eigenvalue weighted by Crippen LogP contribution is -2.40. The maximum atomic E-state index is 12.6. The van der Waals surface area contributed by atoms with Gasteiger partial charge in [0.1, 0.15) is 17.5 Å². The standard InChI is InChI=1S/C17H15N5O3/c1-9-18-13-11(15(23)19-9)8-12-14(20-17(25)21(2)16(12)24)22(13)10-6-4-3-5-7-10/h3-7H,8H2,1-2H3,(H,20,25)(H,18,19,23). The largest absolute Gasteiger partial charge is 0.329 e. The average molecular weight is 337 g/mol. The predicted molar refractivity (Wildman–Crippen MR) is 92.9 cm³/mol. The molecule has 3 aromatic rings. The molecule has 8 heteroatoms. The third-order valence-electron chi connectivity index (χ3n) is 4.29.